The van der Waals surface area contributed by atoms with Gasteiger partial charge in [0.2, 0.25) is 0 Å². The van der Waals surface area contributed by atoms with Crippen molar-refractivity contribution in [3.8, 4) is 0 Å². The molecule has 1 aliphatic carbocycles. The fourth-order valence-corrected chi connectivity index (χ4v) is 3.60. The van der Waals surface area contributed by atoms with Gasteiger partial charge in [-0.05, 0) is 30.9 Å². The molecule has 0 amide bonds. The van der Waals surface area contributed by atoms with Gasteiger partial charge in [0.25, 0.3) is 0 Å². The minimum absolute atomic E-state index is 0.391. The first-order valence-electron chi connectivity index (χ1n) is 5.96. The van der Waals surface area contributed by atoms with Gasteiger partial charge in [0, 0.05) is 16.7 Å². The van der Waals surface area contributed by atoms with Crippen LogP contribution in [0.3, 0.4) is 0 Å². The van der Waals surface area contributed by atoms with Crippen molar-refractivity contribution in [1.82, 2.24) is 5.32 Å². The highest BCUT2D eigenvalue weighted by molar-refractivity contribution is 7.99. The fraction of sp³-hybridized carbons (Fsp3) is 0.462. The molecule has 1 aromatic carbocycles. The molecule has 3 rings (SSSR count). The van der Waals surface area contributed by atoms with E-state index in [0.29, 0.717) is 12.5 Å². The van der Waals surface area contributed by atoms with E-state index in [4.69, 9.17) is 0 Å². The van der Waals surface area contributed by atoms with Gasteiger partial charge in [-0.25, -0.2) is 4.79 Å². The van der Waals surface area contributed by atoms with Gasteiger partial charge in [0.15, 0.2) is 0 Å². The molecule has 1 unspecified atom stereocenters. The van der Waals surface area contributed by atoms with Crippen LogP contribution in [0, 0.1) is 0 Å². The number of rotatable bonds is 3. The van der Waals surface area contributed by atoms with Gasteiger partial charge in [-0.2, -0.15) is 0 Å². The molecule has 1 saturated carbocycles. The monoisotopic (exact) mass is 249 g/mol. The van der Waals surface area contributed by atoms with Crippen molar-refractivity contribution in [2.75, 3.05) is 5.75 Å². The molecule has 1 aromatic rings. The Bertz CT molecular complexity index is 458. The smallest absolute Gasteiger partial charge is 0.328 e. The summed E-state index contributed by atoms with van der Waals surface area (Å²) in [6.45, 7) is 0. The zero-order valence-electron chi connectivity index (χ0n) is 9.48. The second kappa shape index (κ2) is 4.03. The average Bonchev–Trinajstić information content (AvgIpc) is 3.13. The Hall–Kier alpha value is -1.00. The molecule has 90 valence electrons. The first-order chi connectivity index (χ1) is 8.22. The molecule has 1 aliphatic heterocycles. The minimum atomic E-state index is -0.858. The van der Waals surface area contributed by atoms with E-state index in [1.54, 1.807) is 11.8 Å². The molecule has 17 heavy (non-hydrogen) atoms. The molecule has 0 aromatic heterocycles. The van der Waals surface area contributed by atoms with Gasteiger partial charge in [-0.1, -0.05) is 18.2 Å². The largest absolute Gasteiger partial charge is 0.480 e. The molecule has 0 bridgehead atoms. The summed E-state index contributed by atoms with van der Waals surface area (Å²) in [5.41, 5.74) is 0.0823. The highest BCUT2D eigenvalue weighted by Gasteiger charge is 2.46. The standard InChI is InChI=1S/C13H15NO2S/c15-12(16)13(14-9-5-6-9)7-8-17-11-4-2-1-3-10(11)13/h1-4,9,14H,5-8H2,(H,15,16). The maximum Gasteiger partial charge on any atom is 0.328 e. The Kier molecular flexibility index (Phi) is 2.64. The van der Waals surface area contributed by atoms with Crippen LogP contribution in [-0.2, 0) is 10.3 Å². The van der Waals surface area contributed by atoms with E-state index in [1.807, 2.05) is 24.3 Å². The Labute approximate surface area is 105 Å². The second-order valence-electron chi connectivity index (χ2n) is 4.72. The molecule has 1 atom stereocenters. The first kappa shape index (κ1) is 11.1. The zero-order chi connectivity index (χ0) is 11.9. The van der Waals surface area contributed by atoms with E-state index in [2.05, 4.69) is 5.32 Å². The van der Waals surface area contributed by atoms with Crippen molar-refractivity contribution in [3.63, 3.8) is 0 Å². The van der Waals surface area contributed by atoms with Gasteiger partial charge in [-0.3, -0.25) is 5.32 Å². The molecule has 1 fully saturated rings. The van der Waals surface area contributed by atoms with Crippen molar-refractivity contribution in [2.24, 2.45) is 0 Å². The highest BCUT2D eigenvalue weighted by atomic mass is 32.2. The van der Waals surface area contributed by atoms with Gasteiger partial charge in [-0.15, -0.1) is 11.8 Å². The van der Waals surface area contributed by atoms with Crippen LogP contribution in [-0.4, -0.2) is 22.9 Å². The number of nitrogens with one attached hydrogen (secondary N) is 1. The molecule has 0 saturated heterocycles. The first-order valence-corrected chi connectivity index (χ1v) is 6.94. The second-order valence-corrected chi connectivity index (χ2v) is 5.86. The van der Waals surface area contributed by atoms with Crippen molar-refractivity contribution in [1.29, 1.82) is 0 Å². The molecule has 1 heterocycles. The van der Waals surface area contributed by atoms with Crippen LogP contribution in [0.2, 0.25) is 0 Å². The molecule has 2 aliphatic rings. The predicted molar refractivity (Wildman–Crippen MR) is 67.3 cm³/mol. The van der Waals surface area contributed by atoms with Crippen LogP contribution in [0.1, 0.15) is 24.8 Å². The third kappa shape index (κ3) is 1.85. The highest BCUT2D eigenvalue weighted by Crippen LogP contribution is 2.42. The van der Waals surface area contributed by atoms with Gasteiger partial charge < -0.3 is 5.11 Å². The molecule has 3 nitrogen and oxygen atoms in total. The lowest BCUT2D eigenvalue weighted by atomic mass is 9.86. The Balaban J connectivity index is 2.06. The number of aliphatic carboxylic acids is 1. The average molecular weight is 249 g/mol. The fourth-order valence-electron chi connectivity index (χ4n) is 2.40. The summed E-state index contributed by atoms with van der Waals surface area (Å²) >= 11 is 1.75. The quantitative estimate of drug-likeness (QED) is 0.862. The van der Waals surface area contributed by atoms with Gasteiger partial charge >= 0.3 is 5.97 Å². The summed E-state index contributed by atoms with van der Waals surface area (Å²) in [5, 5.41) is 13.0. The number of hydrogen-bond acceptors (Lipinski definition) is 3. The Morgan fingerprint density at radius 1 is 1.41 bits per heavy atom. The molecule has 2 N–H and O–H groups in total. The van der Waals surface area contributed by atoms with Crippen molar-refractivity contribution in [3.05, 3.63) is 29.8 Å². The minimum Gasteiger partial charge on any atom is -0.480 e. The number of carboxylic acid groups (broad SMARTS) is 1. The SMILES string of the molecule is O=C(O)C1(NC2CC2)CCSc2ccccc21. The van der Waals surface area contributed by atoms with Crippen LogP contribution < -0.4 is 5.32 Å². The van der Waals surface area contributed by atoms with E-state index < -0.39 is 11.5 Å². The van der Waals surface area contributed by atoms with Crippen LogP contribution >= 0.6 is 11.8 Å². The van der Waals surface area contributed by atoms with Gasteiger partial charge in [0.1, 0.15) is 5.54 Å². The third-order valence-corrected chi connectivity index (χ3v) is 4.55. The van der Waals surface area contributed by atoms with Crippen molar-refractivity contribution >= 4 is 17.7 Å². The third-order valence-electron chi connectivity index (χ3n) is 3.47. The number of hydrogen-bond donors (Lipinski definition) is 2. The van der Waals surface area contributed by atoms with E-state index in [0.717, 1.165) is 29.1 Å². The molecule has 0 radical (unpaired) electrons. The summed E-state index contributed by atoms with van der Waals surface area (Å²) in [4.78, 5) is 12.8. The van der Waals surface area contributed by atoms with Gasteiger partial charge in [0.05, 0.1) is 0 Å². The predicted octanol–water partition coefficient (Wildman–Crippen LogP) is 2.21. The van der Waals surface area contributed by atoms with Crippen molar-refractivity contribution in [2.45, 2.75) is 35.7 Å². The van der Waals surface area contributed by atoms with Crippen LogP contribution in [0.15, 0.2) is 29.2 Å². The lowest BCUT2D eigenvalue weighted by Crippen LogP contribution is -2.52. The summed E-state index contributed by atoms with van der Waals surface area (Å²) < 4.78 is 0. The number of benzene rings is 1. The number of fused-ring (bicyclic) bond motifs is 1. The number of thioether (sulfide) groups is 1. The molecular weight excluding hydrogens is 234 g/mol. The van der Waals surface area contributed by atoms with E-state index in [-0.39, 0.29) is 0 Å². The molecular formula is C13H15NO2S. The van der Waals surface area contributed by atoms with Crippen LogP contribution in [0.5, 0.6) is 0 Å². The normalized spacial score (nSPS) is 27.5. The molecule has 0 spiro atoms. The van der Waals surface area contributed by atoms with E-state index >= 15 is 0 Å². The topological polar surface area (TPSA) is 49.3 Å². The summed E-state index contributed by atoms with van der Waals surface area (Å²) in [6.07, 6.45) is 2.87. The number of carbonyl (C=O) groups is 1. The lowest BCUT2D eigenvalue weighted by molar-refractivity contribution is -0.145. The number of carboxylic acids is 1. The Morgan fingerprint density at radius 2 is 2.18 bits per heavy atom. The van der Waals surface area contributed by atoms with Crippen molar-refractivity contribution < 1.29 is 9.90 Å². The zero-order valence-corrected chi connectivity index (χ0v) is 10.3. The summed E-state index contributed by atoms with van der Waals surface area (Å²) in [6, 6.07) is 8.26. The molecule has 4 heteroatoms. The Morgan fingerprint density at radius 3 is 2.88 bits per heavy atom. The maximum absolute atomic E-state index is 11.7. The summed E-state index contributed by atoms with van der Waals surface area (Å²) in [7, 11) is 0. The summed E-state index contributed by atoms with van der Waals surface area (Å²) in [5.74, 6) is 0.125. The van der Waals surface area contributed by atoms with E-state index in [1.165, 1.54) is 0 Å². The van der Waals surface area contributed by atoms with Crippen LogP contribution in [0.25, 0.3) is 0 Å². The maximum atomic E-state index is 11.7. The van der Waals surface area contributed by atoms with Crippen LogP contribution in [0.4, 0.5) is 0 Å². The lowest BCUT2D eigenvalue weighted by Gasteiger charge is -2.36. The van der Waals surface area contributed by atoms with E-state index in [9.17, 15) is 9.90 Å².